The zero-order valence-electron chi connectivity index (χ0n) is 16.7. The Labute approximate surface area is 168 Å². The van der Waals surface area contributed by atoms with Gasteiger partial charge in [-0.3, -0.25) is 18.8 Å². The van der Waals surface area contributed by atoms with Crippen molar-refractivity contribution in [1.82, 2.24) is 19.3 Å². The summed E-state index contributed by atoms with van der Waals surface area (Å²) in [4.78, 5) is 29.9. The highest BCUT2D eigenvalue weighted by Gasteiger charge is 2.18. The van der Waals surface area contributed by atoms with Crippen LogP contribution >= 0.6 is 11.8 Å². The Morgan fingerprint density at radius 1 is 1.14 bits per heavy atom. The number of benzene rings is 1. The van der Waals surface area contributed by atoms with E-state index >= 15 is 0 Å². The van der Waals surface area contributed by atoms with Gasteiger partial charge in [0, 0.05) is 18.8 Å². The topological polar surface area (TPSA) is 81.8 Å². The van der Waals surface area contributed by atoms with Gasteiger partial charge in [-0.1, -0.05) is 30.8 Å². The van der Waals surface area contributed by atoms with Crippen LogP contribution in [0.25, 0.3) is 11.0 Å². The molecule has 0 radical (unpaired) electrons. The third-order valence-corrected chi connectivity index (χ3v) is 5.55. The maximum atomic E-state index is 12.9. The van der Waals surface area contributed by atoms with Crippen LogP contribution in [-0.2, 0) is 24.3 Å². The maximum Gasteiger partial charge on any atom is 0.280 e. The first-order valence-electron chi connectivity index (χ1n) is 9.47. The minimum absolute atomic E-state index is 0.118. The molecule has 1 N–H and O–H groups in total. The average molecular weight is 400 g/mol. The summed E-state index contributed by atoms with van der Waals surface area (Å²) < 4.78 is 3.29. The SMILES string of the molecule is CCc1ccc(NC(=O)CSc2nc3c(C)nn(CC)c3c(=O)n2CC)cc1. The van der Waals surface area contributed by atoms with Gasteiger partial charge in [0.2, 0.25) is 5.91 Å². The lowest BCUT2D eigenvalue weighted by atomic mass is 10.1. The predicted molar refractivity (Wildman–Crippen MR) is 113 cm³/mol. The number of thioether (sulfide) groups is 1. The quantitative estimate of drug-likeness (QED) is 0.487. The van der Waals surface area contributed by atoms with Gasteiger partial charge in [-0.25, -0.2) is 4.98 Å². The molecule has 1 aromatic carbocycles. The first-order chi connectivity index (χ1) is 13.5. The smallest absolute Gasteiger partial charge is 0.280 e. The fraction of sp³-hybridized carbons (Fsp3) is 0.400. The minimum atomic E-state index is -0.132. The molecule has 3 rings (SSSR count). The van der Waals surface area contributed by atoms with Crippen LogP contribution < -0.4 is 10.9 Å². The number of rotatable bonds is 7. The molecule has 3 aromatic rings. The van der Waals surface area contributed by atoms with Crippen LogP contribution in [-0.4, -0.2) is 31.0 Å². The summed E-state index contributed by atoms with van der Waals surface area (Å²) >= 11 is 1.26. The fourth-order valence-electron chi connectivity index (χ4n) is 3.06. The van der Waals surface area contributed by atoms with Crippen molar-refractivity contribution < 1.29 is 4.79 Å². The van der Waals surface area contributed by atoms with Gasteiger partial charge < -0.3 is 5.32 Å². The summed E-state index contributed by atoms with van der Waals surface area (Å²) in [5.41, 5.74) is 3.72. The summed E-state index contributed by atoms with van der Waals surface area (Å²) in [6, 6.07) is 7.80. The van der Waals surface area contributed by atoms with Crippen molar-refractivity contribution >= 4 is 34.4 Å². The second kappa shape index (κ2) is 8.60. The second-order valence-corrected chi connectivity index (χ2v) is 7.37. The van der Waals surface area contributed by atoms with Crippen LogP contribution in [0.3, 0.4) is 0 Å². The van der Waals surface area contributed by atoms with Gasteiger partial charge in [0.25, 0.3) is 5.56 Å². The second-order valence-electron chi connectivity index (χ2n) is 6.43. The van der Waals surface area contributed by atoms with Gasteiger partial charge in [-0.15, -0.1) is 0 Å². The van der Waals surface area contributed by atoms with Crippen molar-refractivity contribution in [2.75, 3.05) is 11.1 Å². The normalized spacial score (nSPS) is 11.1. The number of hydrogen-bond donors (Lipinski definition) is 1. The Morgan fingerprint density at radius 2 is 1.86 bits per heavy atom. The van der Waals surface area contributed by atoms with Crippen LogP contribution in [0.1, 0.15) is 32.0 Å². The summed E-state index contributed by atoms with van der Waals surface area (Å²) in [6.45, 7) is 8.87. The van der Waals surface area contributed by atoms with E-state index < -0.39 is 0 Å². The molecule has 0 spiro atoms. The number of aryl methyl sites for hydroxylation is 3. The van der Waals surface area contributed by atoms with Crippen LogP contribution in [0.4, 0.5) is 5.69 Å². The summed E-state index contributed by atoms with van der Waals surface area (Å²) in [7, 11) is 0. The molecule has 7 nitrogen and oxygen atoms in total. The van der Waals surface area contributed by atoms with Crippen LogP contribution in [0, 0.1) is 6.92 Å². The number of carbonyl (C=O) groups is 1. The molecule has 2 heterocycles. The Kier molecular flexibility index (Phi) is 6.18. The lowest BCUT2D eigenvalue weighted by molar-refractivity contribution is -0.113. The first-order valence-corrected chi connectivity index (χ1v) is 10.5. The third kappa shape index (κ3) is 3.96. The lowest BCUT2D eigenvalue weighted by Gasteiger charge is -2.11. The van der Waals surface area contributed by atoms with E-state index in [0.29, 0.717) is 29.3 Å². The van der Waals surface area contributed by atoms with Crippen molar-refractivity contribution in [1.29, 1.82) is 0 Å². The van der Waals surface area contributed by atoms with Gasteiger partial charge in [-0.05, 0) is 44.9 Å². The maximum absolute atomic E-state index is 12.9. The standard InChI is InChI=1S/C20H25N5O2S/c1-5-14-8-10-15(11-9-14)21-16(26)12-28-20-22-17-13(4)23-25(7-3)18(17)19(27)24(20)6-2/h8-11H,5-7,12H2,1-4H3,(H,21,26). The monoisotopic (exact) mass is 399 g/mol. The van der Waals surface area contributed by atoms with E-state index in [2.05, 4.69) is 22.3 Å². The summed E-state index contributed by atoms with van der Waals surface area (Å²) in [5, 5.41) is 7.83. The molecule has 0 aliphatic heterocycles. The molecule has 0 saturated carbocycles. The molecule has 0 unspecified atom stereocenters. The Hall–Kier alpha value is -2.61. The molecule has 28 heavy (non-hydrogen) atoms. The number of fused-ring (bicyclic) bond motifs is 1. The molecule has 148 valence electrons. The Bertz CT molecular complexity index is 1050. The number of carbonyl (C=O) groups excluding carboxylic acids is 1. The number of nitrogens with zero attached hydrogens (tertiary/aromatic N) is 4. The van der Waals surface area contributed by atoms with Gasteiger partial charge in [0.05, 0.1) is 11.4 Å². The number of aromatic nitrogens is 4. The zero-order valence-corrected chi connectivity index (χ0v) is 17.5. The molecule has 0 saturated heterocycles. The molecule has 0 atom stereocenters. The van der Waals surface area contributed by atoms with Crippen molar-refractivity contribution in [3.63, 3.8) is 0 Å². The summed E-state index contributed by atoms with van der Waals surface area (Å²) in [5.74, 6) is 0.0428. The molecule has 0 bridgehead atoms. The van der Waals surface area contributed by atoms with Crippen LogP contribution in [0.15, 0.2) is 34.2 Å². The highest BCUT2D eigenvalue weighted by atomic mass is 32.2. The van der Waals surface area contributed by atoms with E-state index in [9.17, 15) is 9.59 Å². The van der Waals surface area contributed by atoms with Crippen molar-refractivity contribution in [2.24, 2.45) is 0 Å². The molecular formula is C20H25N5O2S. The molecule has 1 amide bonds. The molecular weight excluding hydrogens is 374 g/mol. The molecule has 0 aliphatic carbocycles. The van der Waals surface area contributed by atoms with E-state index in [1.807, 2.05) is 45.0 Å². The van der Waals surface area contributed by atoms with E-state index in [4.69, 9.17) is 0 Å². The average Bonchev–Trinajstić information content (AvgIpc) is 3.03. The van der Waals surface area contributed by atoms with Gasteiger partial charge in [-0.2, -0.15) is 5.10 Å². The highest BCUT2D eigenvalue weighted by molar-refractivity contribution is 7.99. The van der Waals surface area contributed by atoms with E-state index in [0.717, 1.165) is 17.8 Å². The van der Waals surface area contributed by atoms with Crippen LogP contribution in [0.5, 0.6) is 0 Å². The van der Waals surface area contributed by atoms with Crippen molar-refractivity contribution in [3.8, 4) is 0 Å². The number of nitrogens with one attached hydrogen (secondary N) is 1. The van der Waals surface area contributed by atoms with Gasteiger partial charge in [0.15, 0.2) is 10.7 Å². The predicted octanol–water partition coefficient (Wildman–Crippen LogP) is 3.23. The van der Waals surface area contributed by atoms with Crippen molar-refractivity contribution in [2.45, 2.75) is 52.4 Å². The number of anilines is 1. The number of hydrogen-bond acceptors (Lipinski definition) is 5. The zero-order chi connectivity index (χ0) is 20.3. The Balaban J connectivity index is 1.80. The summed E-state index contributed by atoms with van der Waals surface area (Å²) in [6.07, 6.45) is 0.959. The first kappa shape index (κ1) is 20.1. The van der Waals surface area contributed by atoms with Crippen LogP contribution in [0.2, 0.25) is 0 Å². The van der Waals surface area contributed by atoms with Crippen molar-refractivity contribution in [3.05, 3.63) is 45.9 Å². The largest absolute Gasteiger partial charge is 0.325 e. The van der Waals surface area contributed by atoms with E-state index in [1.165, 1.54) is 17.3 Å². The molecule has 0 aliphatic rings. The van der Waals surface area contributed by atoms with Gasteiger partial charge >= 0.3 is 0 Å². The third-order valence-electron chi connectivity index (χ3n) is 4.58. The fourth-order valence-corrected chi connectivity index (χ4v) is 3.91. The van der Waals surface area contributed by atoms with E-state index in [-0.39, 0.29) is 17.2 Å². The minimum Gasteiger partial charge on any atom is -0.325 e. The number of amides is 1. The van der Waals surface area contributed by atoms with E-state index in [1.54, 1.807) is 9.25 Å². The molecule has 8 heteroatoms. The Morgan fingerprint density at radius 3 is 2.46 bits per heavy atom. The highest BCUT2D eigenvalue weighted by Crippen LogP contribution is 2.20. The van der Waals surface area contributed by atoms with Gasteiger partial charge in [0.1, 0.15) is 5.52 Å². The lowest BCUT2D eigenvalue weighted by Crippen LogP contribution is -2.25. The molecule has 2 aromatic heterocycles. The molecule has 0 fully saturated rings.